The van der Waals surface area contributed by atoms with Crippen molar-refractivity contribution in [3.8, 4) is 0 Å². The standard InChI is InChI=1S/C27H37NO4/c1-6-22(29)28-21-16-27(17(2)3)25(24-18(4)12-14-20(24)26(21,5)32-27)31-23(30)15-13-19-10-8-7-9-11-19/h7-11,13,15,17-18,20-21,24-25H,6,12,14,16H2,1-5H3,(H,28,29)/b15-13+/t18?,20-,21-,24?,25+,26+,27-/m1/s1. The zero-order valence-electron chi connectivity index (χ0n) is 20.0. The van der Waals surface area contributed by atoms with Gasteiger partial charge in [-0.15, -0.1) is 0 Å². The van der Waals surface area contributed by atoms with Crippen molar-refractivity contribution in [2.75, 3.05) is 0 Å². The van der Waals surface area contributed by atoms with Crippen molar-refractivity contribution in [3.05, 3.63) is 42.0 Å². The van der Waals surface area contributed by atoms with Crippen LogP contribution in [-0.2, 0) is 19.1 Å². The first-order chi connectivity index (χ1) is 15.2. The molecule has 1 saturated carbocycles. The molecule has 32 heavy (non-hydrogen) atoms. The second kappa shape index (κ2) is 8.66. The quantitative estimate of drug-likeness (QED) is 0.513. The monoisotopic (exact) mass is 439 g/mol. The highest BCUT2D eigenvalue weighted by Gasteiger charge is 2.71. The van der Waals surface area contributed by atoms with E-state index in [1.807, 2.05) is 37.3 Å². The van der Waals surface area contributed by atoms with E-state index in [2.05, 4.69) is 33.0 Å². The molecule has 4 rings (SSSR count). The number of nitrogens with one attached hydrogen (secondary N) is 1. The molecule has 1 amide bonds. The second-order valence-corrected chi connectivity index (χ2v) is 10.4. The summed E-state index contributed by atoms with van der Waals surface area (Å²) in [7, 11) is 0. The van der Waals surface area contributed by atoms with Gasteiger partial charge in [-0.3, -0.25) is 4.79 Å². The summed E-state index contributed by atoms with van der Waals surface area (Å²) >= 11 is 0. The van der Waals surface area contributed by atoms with Crippen molar-refractivity contribution >= 4 is 18.0 Å². The molecule has 2 saturated heterocycles. The minimum Gasteiger partial charge on any atom is -0.456 e. The molecule has 0 spiro atoms. The van der Waals surface area contributed by atoms with Gasteiger partial charge < -0.3 is 14.8 Å². The van der Waals surface area contributed by atoms with Crippen LogP contribution in [0.25, 0.3) is 6.08 Å². The van der Waals surface area contributed by atoms with Crippen molar-refractivity contribution in [1.82, 2.24) is 5.32 Å². The maximum atomic E-state index is 13.0. The van der Waals surface area contributed by atoms with E-state index in [4.69, 9.17) is 9.47 Å². The number of benzene rings is 1. The number of hydrogen-bond acceptors (Lipinski definition) is 4. The Morgan fingerprint density at radius 2 is 1.97 bits per heavy atom. The van der Waals surface area contributed by atoms with E-state index >= 15 is 0 Å². The fourth-order valence-corrected chi connectivity index (χ4v) is 6.52. The first-order valence-electron chi connectivity index (χ1n) is 12.1. The van der Waals surface area contributed by atoms with E-state index in [0.29, 0.717) is 18.8 Å². The minimum atomic E-state index is -0.601. The third-order valence-corrected chi connectivity index (χ3v) is 8.34. The number of hydrogen-bond donors (Lipinski definition) is 1. The highest BCUT2D eigenvalue weighted by molar-refractivity contribution is 5.87. The lowest BCUT2D eigenvalue weighted by atomic mass is 9.69. The highest BCUT2D eigenvalue weighted by Crippen LogP contribution is 2.62. The summed E-state index contributed by atoms with van der Waals surface area (Å²) in [5.74, 6) is 0.796. The molecule has 1 aromatic rings. The van der Waals surface area contributed by atoms with Crippen LogP contribution < -0.4 is 5.32 Å². The van der Waals surface area contributed by atoms with Crippen LogP contribution in [0.5, 0.6) is 0 Å². The summed E-state index contributed by atoms with van der Waals surface area (Å²) in [6.45, 7) is 10.6. The molecule has 2 unspecified atom stereocenters. The number of carbonyl (C=O) groups is 2. The molecule has 7 atom stereocenters. The lowest BCUT2D eigenvalue weighted by molar-refractivity contribution is -0.259. The van der Waals surface area contributed by atoms with Gasteiger partial charge in [0, 0.05) is 24.8 Å². The Morgan fingerprint density at radius 3 is 2.62 bits per heavy atom. The molecular formula is C27H37NO4. The maximum Gasteiger partial charge on any atom is 0.331 e. The number of esters is 1. The Morgan fingerprint density at radius 1 is 1.25 bits per heavy atom. The number of amides is 1. The van der Waals surface area contributed by atoms with Gasteiger partial charge >= 0.3 is 5.97 Å². The van der Waals surface area contributed by atoms with Crippen LogP contribution in [0, 0.1) is 23.7 Å². The van der Waals surface area contributed by atoms with Gasteiger partial charge in [0.25, 0.3) is 0 Å². The third kappa shape index (κ3) is 3.79. The van der Waals surface area contributed by atoms with Crippen molar-refractivity contribution in [1.29, 1.82) is 0 Å². The van der Waals surface area contributed by atoms with Gasteiger partial charge in [0.05, 0.1) is 11.6 Å². The summed E-state index contributed by atoms with van der Waals surface area (Å²) in [6.07, 6.45) is 6.24. The van der Waals surface area contributed by atoms with Crippen LogP contribution in [0.1, 0.15) is 65.9 Å². The molecule has 3 aliphatic rings. The number of rotatable bonds is 6. The molecule has 5 heteroatoms. The van der Waals surface area contributed by atoms with Gasteiger partial charge in [-0.1, -0.05) is 58.0 Å². The molecule has 1 N–H and O–H groups in total. The lowest BCUT2D eigenvalue weighted by Gasteiger charge is -2.53. The predicted molar refractivity (Wildman–Crippen MR) is 125 cm³/mol. The molecule has 2 heterocycles. The van der Waals surface area contributed by atoms with Crippen molar-refractivity contribution in [2.45, 2.75) is 83.6 Å². The zero-order chi connectivity index (χ0) is 23.1. The van der Waals surface area contributed by atoms with Gasteiger partial charge in [-0.25, -0.2) is 4.79 Å². The van der Waals surface area contributed by atoms with E-state index in [1.54, 1.807) is 6.08 Å². The van der Waals surface area contributed by atoms with E-state index in [-0.39, 0.29) is 41.8 Å². The maximum absolute atomic E-state index is 13.0. The zero-order valence-corrected chi connectivity index (χ0v) is 20.0. The Kier molecular flexibility index (Phi) is 6.23. The molecular weight excluding hydrogens is 402 g/mol. The van der Waals surface area contributed by atoms with Gasteiger partial charge in [0.15, 0.2) is 0 Å². The number of ether oxygens (including phenoxy) is 2. The van der Waals surface area contributed by atoms with E-state index in [1.165, 1.54) is 6.08 Å². The first-order valence-corrected chi connectivity index (χ1v) is 12.1. The topological polar surface area (TPSA) is 64.6 Å². The van der Waals surface area contributed by atoms with Crippen LogP contribution in [0.4, 0.5) is 0 Å². The van der Waals surface area contributed by atoms with Crippen molar-refractivity contribution in [2.24, 2.45) is 23.7 Å². The van der Waals surface area contributed by atoms with Gasteiger partial charge in [0.1, 0.15) is 11.7 Å². The Bertz CT molecular complexity index is 881. The van der Waals surface area contributed by atoms with Gasteiger partial charge in [-0.2, -0.15) is 0 Å². The predicted octanol–water partition coefficient (Wildman–Crippen LogP) is 4.76. The molecule has 5 nitrogen and oxygen atoms in total. The second-order valence-electron chi connectivity index (χ2n) is 10.4. The third-order valence-electron chi connectivity index (χ3n) is 8.34. The summed E-state index contributed by atoms with van der Waals surface area (Å²) in [5.41, 5.74) is -0.0742. The molecule has 174 valence electrons. The van der Waals surface area contributed by atoms with Crippen LogP contribution in [0.3, 0.4) is 0 Å². The van der Waals surface area contributed by atoms with Crippen LogP contribution >= 0.6 is 0 Å². The van der Waals surface area contributed by atoms with Crippen LogP contribution in [0.15, 0.2) is 36.4 Å². The SMILES string of the molecule is CCC(=O)N[C@@H]1C[C@]2(C(C)C)O[C@@]1(C)[C@@H]1CCC(C)C1[C@@H]2OC(=O)/C=C/c1ccccc1. The number of carbonyl (C=O) groups excluding carboxylic acids is 2. The molecule has 3 fully saturated rings. The fourth-order valence-electron chi connectivity index (χ4n) is 6.52. The van der Waals surface area contributed by atoms with E-state index in [0.717, 1.165) is 18.4 Å². The Hall–Kier alpha value is -2.14. The van der Waals surface area contributed by atoms with Gasteiger partial charge in [-0.05, 0) is 49.2 Å². The van der Waals surface area contributed by atoms with Crippen molar-refractivity contribution in [3.63, 3.8) is 0 Å². The number of fused-ring (bicyclic) bond motifs is 4. The normalized spacial score (nSPS) is 38.1. The van der Waals surface area contributed by atoms with Crippen LogP contribution in [0.2, 0.25) is 0 Å². The molecule has 1 aliphatic carbocycles. The summed E-state index contributed by atoms with van der Waals surface area (Å²) in [4.78, 5) is 25.3. The summed E-state index contributed by atoms with van der Waals surface area (Å²) in [5, 5.41) is 3.25. The Balaban J connectivity index is 1.65. The minimum absolute atomic E-state index is 0.0493. The lowest BCUT2D eigenvalue weighted by Crippen LogP contribution is -2.63. The average Bonchev–Trinajstić information content (AvgIpc) is 3.28. The molecule has 2 aliphatic heterocycles. The highest BCUT2D eigenvalue weighted by atomic mass is 16.6. The molecule has 0 aromatic heterocycles. The Labute approximate surface area is 191 Å². The average molecular weight is 440 g/mol. The molecule has 2 bridgehead atoms. The fraction of sp³-hybridized carbons (Fsp3) is 0.630. The summed E-state index contributed by atoms with van der Waals surface area (Å²) < 4.78 is 13.2. The molecule has 1 aromatic carbocycles. The smallest absolute Gasteiger partial charge is 0.331 e. The van der Waals surface area contributed by atoms with Crippen molar-refractivity contribution < 1.29 is 19.1 Å². The molecule has 0 radical (unpaired) electrons. The van der Waals surface area contributed by atoms with E-state index in [9.17, 15) is 9.59 Å². The van der Waals surface area contributed by atoms with Crippen LogP contribution in [-0.4, -0.2) is 35.2 Å². The largest absolute Gasteiger partial charge is 0.456 e. The van der Waals surface area contributed by atoms with Gasteiger partial charge in [0.2, 0.25) is 5.91 Å². The first kappa shape index (κ1) is 23.0. The van der Waals surface area contributed by atoms with E-state index < -0.39 is 11.2 Å². The summed E-state index contributed by atoms with van der Waals surface area (Å²) in [6, 6.07) is 9.70.